The second-order valence-electron chi connectivity index (χ2n) is 5.26. The smallest absolute Gasteiger partial charge is 0.388 e. The maximum atomic E-state index is 12.9. The molecule has 22 heavy (non-hydrogen) atoms. The number of thioether (sulfide) groups is 1. The van der Waals surface area contributed by atoms with Crippen LogP contribution in [0.1, 0.15) is 6.92 Å². The van der Waals surface area contributed by atoms with Gasteiger partial charge in [-0.1, -0.05) is 17.8 Å². The fourth-order valence-electron chi connectivity index (χ4n) is 2.23. The van der Waals surface area contributed by atoms with E-state index in [9.17, 15) is 28.5 Å². The number of aliphatic hydroxyl groups is 3. The van der Waals surface area contributed by atoms with Crippen LogP contribution in [0.25, 0.3) is 0 Å². The van der Waals surface area contributed by atoms with Crippen molar-refractivity contribution >= 4 is 16.9 Å². The Bertz CT molecular complexity index is 472. The fraction of sp³-hybridized carbons (Fsp3) is 0.750. The van der Waals surface area contributed by atoms with Crippen LogP contribution in [0.5, 0.6) is 0 Å². The number of ether oxygens (including phenoxy) is 1. The second-order valence-corrected chi connectivity index (χ2v) is 6.35. The molecule has 2 aliphatic heterocycles. The monoisotopic (exact) mass is 342 g/mol. The van der Waals surface area contributed by atoms with E-state index in [0.717, 1.165) is 11.8 Å². The summed E-state index contributed by atoms with van der Waals surface area (Å²) in [4.78, 5) is 4.08. The van der Waals surface area contributed by atoms with E-state index >= 15 is 0 Å². The lowest BCUT2D eigenvalue weighted by Gasteiger charge is -2.44. The molecule has 0 radical (unpaired) electrons. The Morgan fingerprint density at radius 1 is 1.41 bits per heavy atom. The molecule has 4 N–H and O–H groups in total. The molecule has 0 aromatic rings. The Kier molecular flexibility index (Phi) is 4.79. The van der Waals surface area contributed by atoms with E-state index in [2.05, 4.69) is 16.9 Å². The van der Waals surface area contributed by atoms with Crippen LogP contribution < -0.4 is 5.32 Å². The van der Waals surface area contributed by atoms with Crippen LogP contribution in [0.2, 0.25) is 0 Å². The predicted molar refractivity (Wildman–Crippen MR) is 74.4 cm³/mol. The highest BCUT2D eigenvalue weighted by Gasteiger charge is 2.62. The van der Waals surface area contributed by atoms with Crippen molar-refractivity contribution < 1.29 is 33.2 Å². The molecule has 0 aliphatic carbocycles. The van der Waals surface area contributed by atoms with Gasteiger partial charge in [-0.15, -0.1) is 6.58 Å². The third-order valence-electron chi connectivity index (χ3n) is 3.59. The molecule has 0 amide bonds. The molecule has 1 unspecified atom stereocenters. The number of aliphatic hydroxyl groups excluding tert-OH is 2. The third kappa shape index (κ3) is 2.98. The molecule has 10 heteroatoms. The molecular formula is C12H17F3N2O4S. The quantitative estimate of drug-likeness (QED) is 0.539. The molecule has 1 fully saturated rings. The lowest BCUT2D eigenvalue weighted by atomic mass is 9.87. The molecule has 0 spiro atoms. The highest BCUT2D eigenvalue weighted by Crippen LogP contribution is 2.43. The van der Waals surface area contributed by atoms with Crippen LogP contribution >= 0.6 is 11.8 Å². The number of hydrogen-bond acceptors (Lipinski definition) is 7. The summed E-state index contributed by atoms with van der Waals surface area (Å²) in [5.41, 5.74) is -4.22. The number of amidine groups is 1. The van der Waals surface area contributed by atoms with Crippen LogP contribution in [0.4, 0.5) is 13.2 Å². The summed E-state index contributed by atoms with van der Waals surface area (Å²) in [7, 11) is 0. The van der Waals surface area contributed by atoms with Crippen LogP contribution in [0, 0.1) is 0 Å². The summed E-state index contributed by atoms with van der Waals surface area (Å²) in [6.45, 7) is 4.39. The van der Waals surface area contributed by atoms with Gasteiger partial charge in [-0.05, 0) is 6.92 Å². The topological polar surface area (TPSA) is 94.3 Å². The first-order chi connectivity index (χ1) is 10.1. The normalized spacial score (nSPS) is 38.0. The third-order valence-corrected chi connectivity index (χ3v) is 4.68. The van der Waals surface area contributed by atoms with E-state index in [1.165, 1.54) is 0 Å². The van der Waals surface area contributed by atoms with Gasteiger partial charge in [0.25, 0.3) is 0 Å². The predicted octanol–water partition coefficient (Wildman–Crippen LogP) is -0.00660. The molecule has 2 rings (SSSR count). The summed E-state index contributed by atoms with van der Waals surface area (Å²) >= 11 is 0.990. The zero-order valence-electron chi connectivity index (χ0n) is 11.6. The van der Waals surface area contributed by atoms with E-state index in [1.54, 1.807) is 6.08 Å². The number of fused-ring (bicyclic) bond motifs is 1. The Morgan fingerprint density at radius 3 is 2.59 bits per heavy atom. The van der Waals surface area contributed by atoms with Gasteiger partial charge in [0.1, 0.15) is 29.8 Å². The van der Waals surface area contributed by atoms with E-state index in [4.69, 9.17) is 4.74 Å². The Hall–Kier alpha value is -0.810. The van der Waals surface area contributed by atoms with Crippen molar-refractivity contribution in [2.45, 2.75) is 48.5 Å². The average Bonchev–Trinajstić information content (AvgIpc) is 2.82. The average molecular weight is 342 g/mol. The van der Waals surface area contributed by atoms with Gasteiger partial charge in [-0.3, -0.25) is 4.99 Å². The molecular weight excluding hydrogens is 325 g/mol. The van der Waals surface area contributed by atoms with Gasteiger partial charge in [0.05, 0.1) is 0 Å². The van der Waals surface area contributed by atoms with Crippen molar-refractivity contribution in [1.82, 2.24) is 5.32 Å². The van der Waals surface area contributed by atoms with Gasteiger partial charge in [0.2, 0.25) is 0 Å². The van der Waals surface area contributed by atoms with Crippen LogP contribution in [-0.4, -0.2) is 68.6 Å². The molecule has 0 aromatic heterocycles. The summed E-state index contributed by atoms with van der Waals surface area (Å²) in [6, 6.07) is -0.910. The largest absolute Gasteiger partial charge is 0.419 e. The number of rotatable bonds is 3. The van der Waals surface area contributed by atoms with Crippen molar-refractivity contribution in [2.24, 2.45) is 4.99 Å². The van der Waals surface area contributed by atoms with Crippen molar-refractivity contribution in [3.8, 4) is 0 Å². The summed E-state index contributed by atoms with van der Waals surface area (Å²) in [5.74, 6) is 0. The highest BCUT2D eigenvalue weighted by atomic mass is 32.2. The van der Waals surface area contributed by atoms with E-state index in [0.29, 0.717) is 18.6 Å². The van der Waals surface area contributed by atoms with Crippen LogP contribution in [0.15, 0.2) is 17.6 Å². The molecule has 2 heterocycles. The zero-order valence-corrected chi connectivity index (χ0v) is 12.4. The van der Waals surface area contributed by atoms with Crippen LogP contribution in [0.3, 0.4) is 0 Å². The summed E-state index contributed by atoms with van der Waals surface area (Å²) in [5, 5.41) is 32.8. The number of nitrogens with one attached hydrogen (secondary N) is 1. The van der Waals surface area contributed by atoms with Gasteiger partial charge in [-0.25, -0.2) is 0 Å². The minimum Gasteiger partial charge on any atom is -0.388 e. The highest BCUT2D eigenvalue weighted by molar-refractivity contribution is 8.14. The van der Waals surface area contributed by atoms with E-state index in [1.807, 2.05) is 0 Å². The lowest BCUT2D eigenvalue weighted by Crippen LogP contribution is -2.66. The van der Waals surface area contributed by atoms with Gasteiger partial charge in [-0.2, -0.15) is 13.2 Å². The lowest BCUT2D eigenvalue weighted by molar-refractivity contribution is -0.317. The van der Waals surface area contributed by atoms with Crippen molar-refractivity contribution in [1.29, 1.82) is 0 Å². The molecule has 1 saturated heterocycles. The summed E-state index contributed by atoms with van der Waals surface area (Å²) in [6.07, 6.45) is -8.95. The minimum absolute atomic E-state index is 0.369. The molecule has 0 aromatic carbocycles. The van der Waals surface area contributed by atoms with Crippen molar-refractivity contribution in [2.75, 3.05) is 6.54 Å². The maximum absolute atomic E-state index is 12.9. The number of alkyl halides is 3. The second kappa shape index (κ2) is 6.00. The molecule has 0 saturated carbocycles. The molecule has 0 bridgehead atoms. The number of halogens is 3. The number of nitrogens with zero attached hydrogens (tertiary/aromatic N) is 1. The maximum Gasteiger partial charge on any atom is 0.419 e. The standard InChI is InChI=1S/C12H17F3N2O4S/c1-3-4-16-10-17-5-6(18)7(19)8(21-9(5)22-10)11(2,20)12(13,14)15/h3,5-9,18-20H,1,4H2,2H3,(H,16,17)/t5-,6-,7+,8+,9-,11?/m1/s1. The minimum atomic E-state index is -5.01. The van der Waals surface area contributed by atoms with Crippen molar-refractivity contribution in [3.63, 3.8) is 0 Å². The summed E-state index contributed by atoms with van der Waals surface area (Å²) < 4.78 is 44.0. The van der Waals surface area contributed by atoms with Gasteiger partial charge in [0, 0.05) is 6.54 Å². The zero-order chi connectivity index (χ0) is 16.7. The van der Waals surface area contributed by atoms with Gasteiger partial charge >= 0.3 is 6.18 Å². The SMILES string of the molecule is C=CCNC1=N[C@@H]2[C@@H](O)[C@H](O)[C@@H](C(C)(O)C(F)(F)F)O[C@@H]2S1. The Labute approximate surface area is 129 Å². The number of hydrogen-bond donors (Lipinski definition) is 4. The Balaban J connectivity index is 2.18. The fourth-order valence-corrected chi connectivity index (χ4v) is 3.34. The first-order valence-electron chi connectivity index (χ1n) is 6.49. The number of aliphatic imine (C=N–C) groups is 1. The van der Waals surface area contributed by atoms with Gasteiger partial charge in [0.15, 0.2) is 10.8 Å². The first kappa shape index (κ1) is 17.5. The Morgan fingerprint density at radius 2 is 2.05 bits per heavy atom. The first-order valence-corrected chi connectivity index (χ1v) is 7.37. The van der Waals surface area contributed by atoms with E-state index in [-0.39, 0.29) is 0 Å². The molecule has 6 atom stereocenters. The molecule has 6 nitrogen and oxygen atoms in total. The molecule has 2 aliphatic rings. The van der Waals surface area contributed by atoms with Crippen molar-refractivity contribution in [3.05, 3.63) is 12.7 Å². The van der Waals surface area contributed by atoms with Gasteiger partial charge < -0.3 is 25.4 Å². The van der Waals surface area contributed by atoms with E-state index < -0.39 is 41.6 Å². The molecule has 126 valence electrons. The van der Waals surface area contributed by atoms with Crippen LogP contribution in [-0.2, 0) is 4.74 Å².